The van der Waals surface area contributed by atoms with E-state index in [2.05, 4.69) is 0 Å². The molecule has 3 atom stereocenters. The van der Waals surface area contributed by atoms with Gasteiger partial charge in [0.1, 0.15) is 11.6 Å². The van der Waals surface area contributed by atoms with Gasteiger partial charge in [0, 0.05) is 17.2 Å². The molecule has 34 heavy (non-hydrogen) atoms. The number of carbonyl (C=O) groups is 4. The van der Waals surface area contributed by atoms with Gasteiger partial charge in [-0.25, -0.2) is 13.7 Å². The molecule has 8 heteroatoms. The molecule has 6 nitrogen and oxygen atoms in total. The van der Waals surface area contributed by atoms with Gasteiger partial charge in [0.2, 0.25) is 29.0 Å². The third-order valence-electron chi connectivity index (χ3n) is 6.80. The first-order chi connectivity index (χ1) is 16.4. The van der Waals surface area contributed by atoms with Gasteiger partial charge in [0.25, 0.3) is 0 Å². The smallest absolute Gasteiger partial charge is 0.241 e. The Bertz CT molecular complexity index is 1380. The Morgan fingerprint density at radius 1 is 0.765 bits per heavy atom. The van der Waals surface area contributed by atoms with Crippen LogP contribution in [0.1, 0.15) is 32.4 Å². The summed E-state index contributed by atoms with van der Waals surface area (Å²) in [5, 5.41) is 0. The molecule has 0 unspecified atom stereocenters. The van der Waals surface area contributed by atoms with Crippen molar-refractivity contribution >= 4 is 29.1 Å². The zero-order valence-corrected chi connectivity index (χ0v) is 17.4. The van der Waals surface area contributed by atoms with Crippen molar-refractivity contribution in [2.24, 2.45) is 11.8 Å². The molecule has 3 aromatic carbocycles. The predicted octanol–water partition coefficient (Wildman–Crippen LogP) is 3.66. The SMILES string of the molecule is O=C1[C@@H]2[C@@H](c3ccccc3)OC3(C(=O)c4ccccc4C3=O)[C@H]2C(=O)N1c1ccc(F)cc1F. The number of rotatable bonds is 2. The van der Waals surface area contributed by atoms with Crippen molar-refractivity contribution in [2.75, 3.05) is 4.90 Å². The Kier molecular flexibility index (Phi) is 4.22. The van der Waals surface area contributed by atoms with Crippen LogP contribution in [0, 0.1) is 23.5 Å². The first-order valence-electron chi connectivity index (χ1n) is 10.6. The molecule has 168 valence electrons. The number of imide groups is 1. The second-order valence-electron chi connectivity index (χ2n) is 8.50. The molecule has 3 aromatic rings. The molecule has 3 aliphatic rings. The van der Waals surface area contributed by atoms with E-state index in [1.807, 2.05) is 0 Å². The fourth-order valence-corrected chi connectivity index (χ4v) is 5.36. The third kappa shape index (κ3) is 2.46. The van der Waals surface area contributed by atoms with Gasteiger partial charge in [0.15, 0.2) is 0 Å². The van der Waals surface area contributed by atoms with E-state index in [1.165, 1.54) is 12.1 Å². The first-order valence-corrected chi connectivity index (χ1v) is 10.6. The van der Waals surface area contributed by atoms with Crippen LogP contribution in [-0.4, -0.2) is 29.0 Å². The number of ketones is 2. The second kappa shape index (κ2) is 6.98. The normalized spacial score (nSPS) is 24.8. The van der Waals surface area contributed by atoms with E-state index >= 15 is 0 Å². The van der Waals surface area contributed by atoms with Gasteiger partial charge in [-0.05, 0) is 17.7 Å². The van der Waals surface area contributed by atoms with E-state index in [1.54, 1.807) is 42.5 Å². The molecule has 0 radical (unpaired) electrons. The number of fused-ring (bicyclic) bond motifs is 3. The molecule has 1 spiro atoms. The maximum atomic E-state index is 14.6. The molecule has 2 heterocycles. The Morgan fingerprint density at radius 3 is 2.00 bits per heavy atom. The standard InChI is InChI=1S/C26H15F2NO5/c27-14-10-11-18(17(28)12-14)29-24(32)19-20(25(29)33)26(34-21(19)13-6-2-1-3-7-13)22(30)15-8-4-5-9-16(15)23(26)31/h1-12,19-21H/t19-,20+,21+/m0/s1. The van der Waals surface area contributed by atoms with Crippen molar-refractivity contribution in [3.05, 3.63) is 101 Å². The molecular weight excluding hydrogens is 444 g/mol. The van der Waals surface area contributed by atoms with Gasteiger partial charge in [-0.3, -0.25) is 19.2 Å². The maximum absolute atomic E-state index is 14.6. The molecule has 2 saturated heterocycles. The molecule has 0 bridgehead atoms. The molecule has 0 aromatic heterocycles. The minimum atomic E-state index is -2.24. The van der Waals surface area contributed by atoms with Gasteiger partial charge >= 0.3 is 0 Å². The maximum Gasteiger partial charge on any atom is 0.241 e. The Labute approximate surface area is 191 Å². The Hall–Kier alpha value is -4.04. The quantitative estimate of drug-likeness (QED) is 0.432. The molecule has 1 aliphatic carbocycles. The number of hydrogen-bond donors (Lipinski definition) is 0. The number of anilines is 1. The Balaban J connectivity index is 1.56. The highest BCUT2D eigenvalue weighted by molar-refractivity contribution is 6.37. The van der Waals surface area contributed by atoms with Crippen molar-refractivity contribution < 1.29 is 32.7 Å². The van der Waals surface area contributed by atoms with Crippen LogP contribution in [0.5, 0.6) is 0 Å². The summed E-state index contributed by atoms with van der Waals surface area (Å²) in [5.74, 6) is -7.90. The largest absolute Gasteiger partial charge is 0.349 e. The number of hydrogen-bond acceptors (Lipinski definition) is 5. The van der Waals surface area contributed by atoms with E-state index in [9.17, 15) is 28.0 Å². The first kappa shape index (κ1) is 20.6. The van der Waals surface area contributed by atoms with Crippen molar-refractivity contribution in [3.8, 4) is 0 Å². The lowest BCUT2D eigenvalue weighted by Gasteiger charge is -2.27. The van der Waals surface area contributed by atoms with E-state index < -0.39 is 64.2 Å². The highest BCUT2D eigenvalue weighted by Crippen LogP contribution is 2.57. The molecule has 2 fully saturated rings. The predicted molar refractivity (Wildman–Crippen MR) is 114 cm³/mol. The zero-order chi connectivity index (χ0) is 23.8. The van der Waals surface area contributed by atoms with Crippen LogP contribution < -0.4 is 4.90 Å². The molecular formula is C26H15F2NO5. The number of nitrogens with zero attached hydrogens (tertiary/aromatic N) is 1. The summed E-state index contributed by atoms with van der Waals surface area (Å²) in [6.45, 7) is 0. The average molecular weight is 459 g/mol. The number of carbonyl (C=O) groups excluding carboxylic acids is 4. The molecule has 2 aliphatic heterocycles. The average Bonchev–Trinajstić information content (AvgIpc) is 3.40. The van der Waals surface area contributed by atoms with Gasteiger partial charge in [-0.2, -0.15) is 0 Å². The van der Waals surface area contributed by atoms with Crippen LogP contribution in [0.25, 0.3) is 0 Å². The number of ether oxygens (including phenoxy) is 1. The van der Waals surface area contributed by atoms with Gasteiger partial charge in [-0.1, -0.05) is 54.6 Å². The van der Waals surface area contributed by atoms with E-state index in [0.29, 0.717) is 16.5 Å². The van der Waals surface area contributed by atoms with Gasteiger partial charge in [-0.15, -0.1) is 0 Å². The number of halogens is 2. The molecule has 0 saturated carbocycles. The van der Waals surface area contributed by atoms with Crippen molar-refractivity contribution in [3.63, 3.8) is 0 Å². The fraction of sp³-hybridized carbons (Fsp3) is 0.154. The summed E-state index contributed by atoms with van der Waals surface area (Å²) in [6.07, 6.45) is -1.10. The molecule has 2 amide bonds. The summed E-state index contributed by atoms with van der Waals surface area (Å²) < 4.78 is 34.3. The van der Waals surface area contributed by atoms with Crippen LogP contribution in [0.3, 0.4) is 0 Å². The fourth-order valence-electron chi connectivity index (χ4n) is 5.36. The molecule has 0 N–H and O–H groups in total. The minimum absolute atomic E-state index is 0.103. The number of benzene rings is 3. The van der Waals surface area contributed by atoms with Gasteiger partial charge < -0.3 is 4.74 Å². The lowest BCUT2D eigenvalue weighted by Crippen LogP contribution is -2.51. The number of Topliss-reactive ketones (excluding diaryl/α,β-unsaturated/α-hetero) is 2. The van der Waals surface area contributed by atoms with Crippen LogP contribution in [-0.2, 0) is 14.3 Å². The summed E-state index contributed by atoms with van der Waals surface area (Å²) in [7, 11) is 0. The second-order valence-corrected chi connectivity index (χ2v) is 8.50. The van der Waals surface area contributed by atoms with E-state index in [0.717, 1.165) is 12.1 Å². The lowest BCUT2D eigenvalue weighted by molar-refractivity contribution is -0.127. The van der Waals surface area contributed by atoms with Crippen molar-refractivity contribution in [2.45, 2.75) is 11.7 Å². The van der Waals surface area contributed by atoms with E-state index in [-0.39, 0.29) is 11.1 Å². The van der Waals surface area contributed by atoms with Crippen LogP contribution in [0.15, 0.2) is 72.8 Å². The minimum Gasteiger partial charge on any atom is -0.349 e. The van der Waals surface area contributed by atoms with E-state index in [4.69, 9.17) is 4.74 Å². The highest BCUT2D eigenvalue weighted by Gasteiger charge is 2.74. The van der Waals surface area contributed by atoms with Crippen molar-refractivity contribution in [1.29, 1.82) is 0 Å². The van der Waals surface area contributed by atoms with Crippen LogP contribution >= 0.6 is 0 Å². The zero-order valence-electron chi connectivity index (χ0n) is 17.4. The summed E-state index contributed by atoms with van der Waals surface area (Å²) in [4.78, 5) is 55.1. The Morgan fingerprint density at radius 2 is 1.38 bits per heavy atom. The summed E-state index contributed by atoms with van der Waals surface area (Å²) in [5.41, 5.74) is -1.98. The molecule has 6 rings (SSSR count). The number of amides is 2. The highest BCUT2D eigenvalue weighted by atomic mass is 19.1. The third-order valence-corrected chi connectivity index (χ3v) is 6.80. The van der Waals surface area contributed by atoms with Gasteiger partial charge in [0.05, 0.1) is 23.6 Å². The topological polar surface area (TPSA) is 80.8 Å². The summed E-state index contributed by atoms with van der Waals surface area (Å²) >= 11 is 0. The van der Waals surface area contributed by atoms with Crippen LogP contribution in [0.4, 0.5) is 14.5 Å². The van der Waals surface area contributed by atoms with Crippen molar-refractivity contribution in [1.82, 2.24) is 0 Å². The monoisotopic (exact) mass is 459 g/mol. The summed E-state index contributed by atoms with van der Waals surface area (Å²) in [6, 6.07) is 17.1. The lowest BCUT2D eigenvalue weighted by atomic mass is 9.77. The van der Waals surface area contributed by atoms with Crippen LogP contribution in [0.2, 0.25) is 0 Å².